The second kappa shape index (κ2) is 19.7. The first-order valence-corrected chi connectivity index (χ1v) is 22.4. The number of aromatic nitrogens is 4. The van der Waals surface area contributed by atoms with E-state index in [4.69, 9.17) is 14.2 Å². The second-order valence-corrected chi connectivity index (χ2v) is 19.0. The van der Waals surface area contributed by atoms with E-state index in [1.54, 1.807) is 36.4 Å². The van der Waals surface area contributed by atoms with Crippen molar-refractivity contribution in [1.82, 2.24) is 19.7 Å². The summed E-state index contributed by atoms with van der Waals surface area (Å²) in [6.45, 7) is 6.74. The fourth-order valence-electron chi connectivity index (χ4n) is 6.51. The third-order valence-corrected chi connectivity index (χ3v) is 12.3. The molecule has 1 N–H and O–H groups in total. The molecular formula is C40H56FN5O8S2. The van der Waals surface area contributed by atoms with Gasteiger partial charge in [0.25, 0.3) is 0 Å². The largest absolute Gasteiger partial charge is 0.494 e. The number of rotatable bonds is 22. The highest BCUT2D eigenvalue weighted by Crippen LogP contribution is 2.39. The summed E-state index contributed by atoms with van der Waals surface area (Å²) in [6.07, 6.45) is 9.13. The average Bonchev–Trinajstić information content (AvgIpc) is 3.57. The van der Waals surface area contributed by atoms with E-state index in [-0.39, 0.29) is 29.8 Å². The molecule has 0 saturated heterocycles. The van der Waals surface area contributed by atoms with Crippen LogP contribution in [-0.4, -0.2) is 81.6 Å². The van der Waals surface area contributed by atoms with Crippen LogP contribution >= 0.6 is 0 Å². The molecule has 4 rings (SSSR count). The fraction of sp³-hybridized carbons (Fsp3) is 0.525. The highest BCUT2D eigenvalue weighted by molar-refractivity contribution is 7.92. The highest BCUT2D eigenvalue weighted by atomic mass is 32.2. The zero-order valence-corrected chi connectivity index (χ0v) is 35.1. The van der Waals surface area contributed by atoms with Crippen LogP contribution in [0.25, 0.3) is 17.2 Å². The third-order valence-electron chi connectivity index (χ3n) is 9.38. The van der Waals surface area contributed by atoms with Crippen molar-refractivity contribution in [2.24, 2.45) is 5.41 Å². The Balaban J connectivity index is 1.72. The molecule has 308 valence electrons. The number of sulfone groups is 1. The predicted octanol–water partition coefficient (Wildman–Crippen LogP) is 7.71. The summed E-state index contributed by atoms with van der Waals surface area (Å²) in [7, 11) is -4.17. The van der Waals surface area contributed by atoms with Crippen LogP contribution in [-0.2, 0) is 19.9 Å². The Morgan fingerprint density at radius 1 is 0.804 bits per heavy atom. The van der Waals surface area contributed by atoms with Crippen LogP contribution in [0.5, 0.6) is 17.4 Å². The molecule has 0 spiro atoms. The number of anilines is 1. The second-order valence-electron chi connectivity index (χ2n) is 15.0. The van der Waals surface area contributed by atoms with E-state index in [0.29, 0.717) is 41.1 Å². The zero-order chi connectivity index (χ0) is 41.1. The molecule has 0 saturated carbocycles. The number of ether oxygens (including phenoxy) is 3. The maximum absolute atomic E-state index is 14.6. The summed E-state index contributed by atoms with van der Waals surface area (Å²) in [5.74, 6) is -0.879. The SMILES string of the molecule is COc1cccc(-c2nnc(N(CCCCCCCCCCCC(C)(C)C)S(=O)(=O)C[C@@H](O)c3ccc(F)cc3S(C)(=O)=O)n2-c2c(OC)cccc2OC)n1. The van der Waals surface area contributed by atoms with Crippen LogP contribution < -0.4 is 18.5 Å². The number of aliphatic hydroxyl groups excluding tert-OH is 1. The molecule has 0 fully saturated rings. The molecule has 0 unspecified atom stereocenters. The van der Waals surface area contributed by atoms with Crippen LogP contribution in [0.15, 0.2) is 59.5 Å². The van der Waals surface area contributed by atoms with E-state index in [9.17, 15) is 26.3 Å². The first-order chi connectivity index (χ1) is 26.5. The molecule has 2 aromatic heterocycles. The Hall–Kier alpha value is -4.28. The Bertz CT molecular complexity index is 2100. The summed E-state index contributed by atoms with van der Waals surface area (Å²) in [5.41, 5.74) is 0.693. The Morgan fingerprint density at radius 2 is 1.39 bits per heavy atom. The van der Waals surface area contributed by atoms with Crippen LogP contribution in [0.4, 0.5) is 10.3 Å². The standard InChI is InChI=1S/C40H56FN5O8S2/c1-40(2,3)25-15-13-11-9-8-10-12-14-16-26-45(56(50,51)28-32(47)30-24-23-29(41)27-35(30)55(7,48)49)39-44-43-38(31-19-17-22-36(42-31)54-6)46(39)37-33(52-4)20-18-21-34(37)53-5/h17-24,27,32,47H,8-16,25-26,28H2,1-7H3/t32-/m1/s1. The van der Waals surface area contributed by atoms with Crippen LogP contribution in [0.3, 0.4) is 0 Å². The molecule has 4 aromatic rings. The molecular weight excluding hydrogens is 762 g/mol. The smallest absolute Gasteiger partial charge is 0.246 e. The lowest BCUT2D eigenvalue weighted by atomic mass is 9.89. The number of aliphatic hydroxyl groups is 1. The number of halogens is 1. The highest BCUT2D eigenvalue weighted by Gasteiger charge is 2.35. The molecule has 1 atom stereocenters. The van der Waals surface area contributed by atoms with Gasteiger partial charge in [-0.2, -0.15) is 0 Å². The summed E-state index contributed by atoms with van der Waals surface area (Å²) >= 11 is 0. The van der Waals surface area contributed by atoms with Crippen LogP contribution in [0.2, 0.25) is 0 Å². The molecule has 16 heteroatoms. The van der Waals surface area contributed by atoms with Crippen molar-refractivity contribution < 1.29 is 40.5 Å². The third kappa shape index (κ3) is 11.9. The van der Waals surface area contributed by atoms with Gasteiger partial charge in [0.05, 0.1) is 38.1 Å². The van der Waals surface area contributed by atoms with Crippen LogP contribution in [0.1, 0.15) is 96.6 Å². The van der Waals surface area contributed by atoms with Crippen molar-refractivity contribution in [3.05, 3.63) is 66.0 Å². The molecule has 0 bridgehead atoms. The molecule has 0 aliphatic rings. The van der Waals surface area contributed by atoms with Gasteiger partial charge in [0, 0.05) is 24.4 Å². The predicted molar refractivity (Wildman–Crippen MR) is 215 cm³/mol. The molecule has 56 heavy (non-hydrogen) atoms. The van der Waals surface area contributed by atoms with Crippen LogP contribution in [0, 0.1) is 11.2 Å². The minimum atomic E-state index is -4.52. The first-order valence-electron chi connectivity index (χ1n) is 18.9. The van der Waals surface area contributed by atoms with Crippen molar-refractivity contribution in [1.29, 1.82) is 0 Å². The van der Waals surface area contributed by atoms with Crippen molar-refractivity contribution in [3.63, 3.8) is 0 Å². The van der Waals surface area contributed by atoms with Crippen molar-refractivity contribution in [2.45, 2.75) is 96.0 Å². The lowest BCUT2D eigenvalue weighted by Gasteiger charge is -2.26. The summed E-state index contributed by atoms with van der Waals surface area (Å²) < 4.78 is 87.9. The number of nitrogens with zero attached hydrogens (tertiary/aromatic N) is 5. The van der Waals surface area contributed by atoms with Gasteiger partial charge >= 0.3 is 0 Å². The topological polar surface area (TPSA) is 163 Å². The van der Waals surface area contributed by atoms with Gasteiger partial charge in [-0.1, -0.05) is 90.3 Å². The van der Waals surface area contributed by atoms with Gasteiger partial charge in [-0.3, -0.25) is 4.57 Å². The van der Waals surface area contributed by atoms with Gasteiger partial charge < -0.3 is 19.3 Å². The number of hydrogen-bond donors (Lipinski definition) is 1. The monoisotopic (exact) mass is 817 g/mol. The molecule has 2 aromatic carbocycles. The molecule has 2 heterocycles. The number of methoxy groups -OCH3 is 3. The Kier molecular flexibility index (Phi) is 15.7. The lowest BCUT2D eigenvalue weighted by Crippen LogP contribution is -2.38. The van der Waals surface area contributed by atoms with Gasteiger partial charge in [0.1, 0.15) is 28.7 Å². The lowest BCUT2D eigenvalue weighted by molar-refractivity contribution is 0.198. The van der Waals surface area contributed by atoms with E-state index in [1.807, 2.05) is 0 Å². The van der Waals surface area contributed by atoms with Gasteiger partial charge in [-0.25, -0.2) is 30.5 Å². The van der Waals surface area contributed by atoms with Gasteiger partial charge in [-0.15, -0.1) is 10.2 Å². The average molecular weight is 818 g/mol. The minimum Gasteiger partial charge on any atom is -0.494 e. The van der Waals surface area contributed by atoms with E-state index < -0.39 is 42.4 Å². The Labute approximate surface area is 331 Å². The van der Waals surface area contributed by atoms with E-state index >= 15 is 0 Å². The fourth-order valence-corrected chi connectivity index (χ4v) is 9.00. The van der Waals surface area contributed by atoms with Crippen molar-refractivity contribution in [2.75, 3.05) is 44.2 Å². The van der Waals surface area contributed by atoms with Gasteiger partial charge in [-0.05, 0) is 48.6 Å². The number of pyridine rings is 1. The molecule has 13 nitrogen and oxygen atoms in total. The van der Waals surface area contributed by atoms with E-state index in [1.165, 1.54) is 51.6 Å². The van der Waals surface area contributed by atoms with Crippen molar-refractivity contribution >= 4 is 25.8 Å². The maximum atomic E-state index is 14.6. The quantitative estimate of drug-likeness (QED) is 0.0773. The van der Waals surface area contributed by atoms with E-state index in [0.717, 1.165) is 54.4 Å². The zero-order valence-electron chi connectivity index (χ0n) is 33.5. The summed E-state index contributed by atoms with van der Waals surface area (Å²) in [5, 5.41) is 20.2. The number of unbranched alkanes of at least 4 members (excludes halogenated alkanes) is 8. The van der Waals surface area contributed by atoms with E-state index in [2.05, 4.69) is 36.0 Å². The summed E-state index contributed by atoms with van der Waals surface area (Å²) in [4.78, 5) is 4.03. The molecule has 0 aliphatic heterocycles. The summed E-state index contributed by atoms with van der Waals surface area (Å²) in [6, 6.07) is 12.9. The molecule has 0 amide bonds. The normalized spacial score (nSPS) is 12.7. The van der Waals surface area contributed by atoms with Crippen molar-refractivity contribution in [3.8, 4) is 34.6 Å². The number of sulfonamides is 1. The molecule has 0 radical (unpaired) electrons. The van der Waals surface area contributed by atoms with Gasteiger partial charge in [0.2, 0.25) is 21.9 Å². The molecule has 0 aliphatic carbocycles. The Morgan fingerprint density at radius 3 is 1.96 bits per heavy atom. The van der Waals surface area contributed by atoms with Gasteiger partial charge in [0.15, 0.2) is 15.7 Å². The first kappa shape index (κ1) is 44.4. The minimum absolute atomic E-state index is 0.0503. The number of hydrogen-bond acceptors (Lipinski definition) is 11. The number of para-hydroxylation sites is 1. The maximum Gasteiger partial charge on any atom is 0.246 e. The number of benzene rings is 2.